The highest BCUT2D eigenvalue weighted by Gasteiger charge is 2.29. The first-order valence-corrected chi connectivity index (χ1v) is 6.69. The molecule has 2 unspecified atom stereocenters. The van der Waals surface area contributed by atoms with E-state index in [1.54, 1.807) is 0 Å². The molecule has 2 bridgehead atoms. The Morgan fingerprint density at radius 2 is 2.18 bits per heavy atom. The fourth-order valence-electron chi connectivity index (χ4n) is 2.98. The Morgan fingerprint density at radius 1 is 1.29 bits per heavy atom. The van der Waals surface area contributed by atoms with Crippen molar-refractivity contribution in [2.75, 3.05) is 13.1 Å². The number of pyridine rings is 1. The van der Waals surface area contributed by atoms with E-state index < -0.39 is 0 Å². The molecule has 0 amide bonds. The molecule has 3 heteroatoms. The molecule has 0 saturated carbocycles. The Bertz CT molecular complexity index is 374. The molecular weight excluding hydrogens is 210 g/mol. The summed E-state index contributed by atoms with van der Waals surface area (Å²) in [5.74, 6) is 0. The van der Waals surface area contributed by atoms with E-state index in [9.17, 15) is 0 Å². The van der Waals surface area contributed by atoms with Crippen LogP contribution < -0.4 is 5.32 Å². The molecule has 92 valence electrons. The average Bonchev–Trinajstić information content (AvgIpc) is 2.66. The van der Waals surface area contributed by atoms with Crippen molar-refractivity contribution in [3.05, 3.63) is 29.6 Å². The molecule has 1 aromatic rings. The van der Waals surface area contributed by atoms with Gasteiger partial charge in [-0.1, -0.05) is 6.07 Å². The van der Waals surface area contributed by atoms with Crippen LogP contribution in [-0.4, -0.2) is 35.1 Å². The van der Waals surface area contributed by atoms with Gasteiger partial charge in [0.2, 0.25) is 0 Å². The smallest absolute Gasteiger partial charge is 0.0544 e. The molecule has 3 heterocycles. The van der Waals surface area contributed by atoms with Gasteiger partial charge in [0.05, 0.1) is 5.69 Å². The summed E-state index contributed by atoms with van der Waals surface area (Å²) in [4.78, 5) is 7.05. The van der Waals surface area contributed by atoms with Gasteiger partial charge in [0, 0.05) is 37.9 Å². The Morgan fingerprint density at radius 3 is 3.00 bits per heavy atom. The van der Waals surface area contributed by atoms with E-state index >= 15 is 0 Å². The van der Waals surface area contributed by atoms with Crippen molar-refractivity contribution in [2.24, 2.45) is 0 Å². The van der Waals surface area contributed by atoms with Gasteiger partial charge in [0.1, 0.15) is 0 Å². The second-order valence-corrected chi connectivity index (χ2v) is 5.49. The SMILES string of the molecule is Cc1ccc(CN2CCC3CCC(C2)N3)nc1. The third kappa shape index (κ3) is 2.67. The van der Waals surface area contributed by atoms with Crippen LogP contribution in [-0.2, 0) is 6.54 Å². The van der Waals surface area contributed by atoms with Crippen molar-refractivity contribution in [2.45, 2.75) is 44.8 Å². The van der Waals surface area contributed by atoms with Gasteiger partial charge in [-0.3, -0.25) is 9.88 Å². The number of aryl methyl sites for hydroxylation is 1. The van der Waals surface area contributed by atoms with E-state index in [0.29, 0.717) is 6.04 Å². The first-order chi connectivity index (χ1) is 8.29. The summed E-state index contributed by atoms with van der Waals surface area (Å²) in [7, 11) is 0. The zero-order valence-corrected chi connectivity index (χ0v) is 10.5. The number of nitrogens with one attached hydrogen (secondary N) is 1. The van der Waals surface area contributed by atoms with Crippen LogP contribution in [0.2, 0.25) is 0 Å². The molecule has 2 saturated heterocycles. The van der Waals surface area contributed by atoms with Crippen LogP contribution >= 0.6 is 0 Å². The predicted octanol–water partition coefficient (Wildman–Crippen LogP) is 1.72. The first kappa shape index (κ1) is 11.2. The third-order valence-corrected chi connectivity index (χ3v) is 3.97. The van der Waals surface area contributed by atoms with E-state index in [0.717, 1.165) is 12.6 Å². The van der Waals surface area contributed by atoms with Crippen molar-refractivity contribution in [1.82, 2.24) is 15.2 Å². The van der Waals surface area contributed by atoms with Crippen molar-refractivity contribution >= 4 is 0 Å². The molecule has 0 aromatic carbocycles. The van der Waals surface area contributed by atoms with Gasteiger partial charge < -0.3 is 5.32 Å². The lowest BCUT2D eigenvalue weighted by molar-refractivity contribution is 0.248. The van der Waals surface area contributed by atoms with Gasteiger partial charge in [0.25, 0.3) is 0 Å². The fraction of sp³-hybridized carbons (Fsp3) is 0.643. The molecule has 2 atom stereocenters. The highest BCUT2D eigenvalue weighted by Crippen LogP contribution is 2.21. The van der Waals surface area contributed by atoms with Crippen molar-refractivity contribution in [3.8, 4) is 0 Å². The van der Waals surface area contributed by atoms with Gasteiger partial charge in [-0.2, -0.15) is 0 Å². The summed E-state index contributed by atoms with van der Waals surface area (Å²) in [6, 6.07) is 5.81. The summed E-state index contributed by atoms with van der Waals surface area (Å²) < 4.78 is 0. The number of hydrogen-bond donors (Lipinski definition) is 1. The highest BCUT2D eigenvalue weighted by molar-refractivity contribution is 5.12. The van der Waals surface area contributed by atoms with E-state index in [2.05, 4.69) is 34.3 Å². The molecular formula is C14H21N3. The number of fused-ring (bicyclic) bond motifs is 2. The summed E-state index contributed by atoms with van der Waals surface area (Å²) in [5.41, 5.74) is 2.44. The van der Waals surface area contributed by atoms with Crippen molar-refractivity contribution < 1.29 is 0 Å². The number of likely N-dealkylation sites (tertiary alicyclic amines) is 1. The molecule has 0 spiro atoms. The normalized spacial score (nSPS) is 29.2. The summed E-state index contributed by atoms with van der Waals surface area (Å²) in [5, 5.41) is 3.72. The highest BCUT2D eigenvalue weighted by atomic mass is 15.2. The van der Waals surface area contributed by atoms with Crippen molar-refractivity contribution in [1.29, 1.82) is 0 Å². The molecule has 1 N–H and O–H groups in total. The minimum absolute atomic E-state index is 0.716. The van der Waals surface area contributed by atoms with E-state index in [4.69, 9.17) is 0 Å². The van der Waals surface area contributed by atoms with E-state index in [1.807, 2.05) is 6.20 Å². The molecule has 1 aromatic heterocycles. The largest absolute Gasteiger partial charge is 0.310 e. The van der Waals surface area contributed by atoms with Gasteiger partial charge in [-0.25, -0.2) is 0 Å². The van der Waals surface area contributed by atoms with E-state index in [1.165, 1.54) is 43.6 Å². The average molecular weight is 231 g/mol. The molecule has 2 aliphatic heterocycles. The quantitative estimate of drug-likeness (QED) is 0.840. The Kier molecular flexibility index (Phi) is 3.12. The van der Waals surface area contributed by atoms with Crippen LogP contribution in [0, 0.1) is 6.92 Å². The van der Waals surface area contributed by atoms with Crippen LogP contribution in [0.4, 0.5) is 0 Å². The topological polar surface area (TPSA) is 28.2 Å². The minimum atomic E-state index is 0.716. The molecule has 0 radical (unpaired) electrons. The summed E-state index contributed by atoms with van der Waals surface area (Å²) >= 11 is 0. The maximum atomic E-state index is 4.50. The summed E-state index contributed by atoms with van der Waals surface area (Å²) in [6.45, 7) is 5.49. The predicted molar refractivity (Wildman–Crippen MR) is 68.8 cm³/mol. The molecule has 2 fully saturated rings. The molecule has 0 aliphatic carbocycles. The van der Waals surface area contributed by atoms with Crippen LogP contribution in [0.3, 0.4) is 0 Å². The van der Waals surface area contributed by atoms with Crippen LogP contribution in [0.25, 0.3) is 0 Å². The van der Waals surface area contributed by atoms with Crippen LogP contribution in [0.5, 0.6) is 0 Å². The van der Waals surface area contributed by atoms with Crippen LogP contribution in [0.1, 0.15) is 30.5 Å². The zero-order chi connectivity index (χ0) is 11.7. The van der Waals surface area contributed by atoms with E-state index in [-0.39, 0.29) is 0 Å². The van der Waals surface area contributed by atoms with Gasteiger partial charge in [-0.15, -0.1) is 0 Å². The second-order valence-electron chi connectivity index (χ2n) is 5.49. The minimum Gasteiger partial charge on any atom is -0.310 e. The fourth-order valence-corrected chi connectivity index (χ4v) is 2.98. The van der Waals surface area contributed by atoms with Gasteiger partial charge in [-0.05, 0) is 37.8 Å². The standard InChI is InChI=1S/C14H21N3/c1-11-2-3-13(15-8-11)9-17-7-6-12-4-5-14(10-17)16-12/h2-3,8,12,14,16H,4-7,9-10H2,1H3. The molecule has 17 heavy (non-hydrogen) atoms. The Balaban J connectivity index is 1.63. The maximum absolute atomic E-state index is 4.50. The number of aromatic nitrogens is 1. The van der Waals surface area contributed by atoms with Gasteiger partial charge >= 0.3 is 0 Å². The zero-order valence-electron chi connectivity index (χ0n) is 10.5. The number of hydrogen-bond acceptors (Lipinski definition) is 3. The molecule has 3 nitrogen and oxygen atoms in total. The monoisotopic (exact) mass is 231 g/mol. The Hall–Kier alpha value is -0.930. The third-order valence-electron chi connectivity index (χ3n) is 3.97. The van der Waals surface area contributed by atoms with Crippen molar-refractivity contribution in [3.63, 3.8) is 0 Å². The maximum Gasteiger partial charge on any atom is 0.0544 e. The number of nitrogens with zero attached hydrogens (tertiary/aromatic N) is 2. The van der Waals surface area contributed by atoms with Crippen LogP contribution in [0.15, 0.2) is 18.3 Å². The lowest BCUT2D eigenvalue weighted by atomic mass is 10.1. The Labute approximate surface area is 103 Å². The van der Waals surface area contributed by atoms with Gasteiger partial charge in [0.15, 0.2) is 0 Å². The molecule has 3 rings (SSSR count). The number of rotatable bonds is 2. The summed E-state index contributed by atoms with van der Waals surface area (Å²) in [6.07, 6.45) is 5.99. The first-order valence-electron chi connectivity index (χ1n) is 6.69. The molecule has 2 aliphatic rings. The second kappa shape index (κ2) is 4.75. The lowest BCUT2D eigenvalue weighted by Gasteiger charge is -2.23. The lowest BCUT2D eigenvalue weighted by Crippen LogP contribution is -2.35.